The van der Waals surface area contributed by atoms with Crippen LogP contribution < -0.4 is 5.73 Å². The Labute approximate surface area is 103 Å². The van der Waals surface area contributed by atoms with E-state index in [1.54, 1.807) is 0 Å². The summed E-state index contributed by atoms with van der Waals surface area (Å²) in [6.45, 7) is 6.02. The summed E-state index contributed by atoms with van der Waals surface area (Å²) >= 11 is 0. The van der Waals surface area contributed by atoms with Gasteiger partial charge in [-0.15, -0.1) is 12.4 Å². The molecule has 16 heavy (non-hydrogen) atoms. The van der Waals surface area contributed by atoms with Crippen LogP contribution in [0.4, 0.5) is 0 Å². The maximum Gasteiger partial charge on any atom is 0.0524 e. The second-order valence-electron chi connectivity index (χ2n) is 4.14. The van der Waals surface area contributed by atoms with Crippen LogP contribution in [-0.4, -0.2) is 33.8 Å². The van der Waals surface area contributed by atoms with E-state index in [2.05, 4.69) is 27.7 Å². The van der Waals surface area contributed by atoms with E-state index in [0.717, 1.165) is 19.6 Å². The highest BCUT2D eigenvalue weighted by atomic mass is 35.5. The van der Waals surface area contributed by atoms with E-state index in [1.807, 2.05) is 6.20 Å². The molecule has 0 saturated carbocycles. The lowest BCUT2D eigenvalue weighted by Crippen LogP contribution is -2.35. The molecule has 92 valence electrons. The fraction of sp³-hybridized carbons (Fsp3) is 0.727. The van der Waals surface area contributed by atoms with Crippen LogP contribution in [0.25, 0.3) is 0 Å². The largest absolute Gasteiger partial charge is 0.329 e. The minimum absolute atomic E-state index is 0. The Morgan fingerprint density at radius 1 is 1.56 bits per heavy atom. The van der Waals surface area contributed by atoms with Gasteiger partial charge in [-0.3, -0.25) is 9.58 Å². The van der Waals surface area contributed by atoms with Crippen LogP contribution in [0.2, 0.25) is 0 Å². The van der Waals surface area contributed by atoms with E-state index in [0.29, 0.717) is 6.04 Å². The van der Waals surface area contributed by atoms with Crippen LogP contribution in [0.15, 0.2) is 12.3 Å². The third-order valence-electron chi connectivity index (χ3n) is 3.24. The molecule has 1 saturated heterocycles. The monoisotopic (exact) mass is 244 g/mol. The molecule has 1 aromatic heterocycles. The standard InChI is InChI=1S/C11H20N4.ClH/c1-2-15-11(5-6-13-15)9-14-7-3-4-10(14)8-12;/h5-6,10H,2-4,7-9,12H2,1H3;1H. The first-order valence-corrected chi connectivity index (χ1v) is 5.80. The van der Waals surface area contributed by atoms with Crippen molar-refractivity contribution >= 4 is 12.4 Å². The van der Waals surface area contributed by atoms with Crippen LogP contribution in [0.5, 0.6) is 0 Å². The number of aromatic nitrogens is 2. The molecule has 1 fully saturated rings. The second-order valence-corrected chi connectivity index (χ2v) is 4.14. The number of hydrogen-bond acceptors (Lipinski definition) is 3. The average Bonchev–Trinajstić information content (AvgIpc) is 2.87. The van der Waals surface area contributed by atoms with Crippen molar-refractivity contribution in [2.45, 2.75) is 38.9 Å². The first-order chi connectivity index (χ1) is 7.35. The molecule has 1 aromatic rings. The maximum absolute atomic E-state index is 5.76. The normalized spacial score (nSPS) is 21.0. The number of nitrogens with zero attached hydrogens (tertiary/aromatic N) is 3. The van der Waals surface area contributed by atoms with Gasteiger partial charge in [0.15, 0.2) is 0 Å². The maximum atomic E-state index is 5.76. The van der Waals surface area contributed by atoms with Crippen molar-refractivity contribution in [1.82, 2.24) is 14.7 Å². The molecule has 0 bridgehead atoms. The first kappa shape index (κ1) is 13.5. The van der Waals surface area contributed by atoms with Crippen LogP contribution in [0.3, 0.4) is 0 Å². The molecule has 2 rings (SSSR count). The number of likely N-dealkylation sites (tertiary alicyclic amines) is 1. The highest BCUT2D eigenvalue weighted by molar-refractivity contribution is 5.85. The molecule has 0 aromatic carbocycles. The van der Waals surface area contributed by atoms with Crippen molar-refractivity contribution in [3.63, 3.8) is 0 Å². The second kappa shape index (κ2) is 6.23. The predicted molar refractivity (Wildman–Crippen MR) is 67.6 cm³/mol. The molecule has 5 heteroatoms. The van der Waals surface area contributed by atoms with E-state index in [9.17, 15) is 0 Å². The molecule has 1 unspecified atom stereocenters. The third-order valence-corrected chi connectivity index (χ3v) is 3.24. The minimum atomic E-state index is 0. The number of rotatable bonds is 4. The third kappa shape index (κ3) is 2.75. The molecule has 1 atom stereocenters. The van der Waals surface area contributed by atoms with E-state index in [1.165, 1.54) is 25.1 Å². The Hall–Kier alpha value is -0.580. The number of aryl methyl sites for hydroxylation is 1. The van der Waals surface area contributed by atoms with Gasteiger partial charge >= 0.3 is 0 Å². The Kier molecular flexibility index (Phi) is 5.25. The molecule has 1 aliphatic rings. The fourth-order valence-electron chi connectivity index (χ4n) is 2.36. The SMILES string of the molecule is CCn1nccc1CN1CCCC1CN.Cl. The van der Waals surface area contributed by atoms with Crippen LogP contribution in [0.1, 0.15) is 25.5 Å². The molecule has 0 amide bonds. The number of nitrogens with two attached hydrogens (primary N) is 1. The highest BCUT2D eigenvalue weighted by Gasteiger charge is 2.23. The lowest BCUT2D eigenvalue weighted by Gasteiger charge is -2.23. The highest BCUT2D eigenvalue weighted by Crippen LogP contribution is 2.18. The molecule has 1 aliphatic heterocycles. The van der Waals surface area contributed by atoms with Gasteiger partial charge in [0.05, 0.1) is 5.69 Å². The van der Waals surface area contributed by atoms with Gasteiger partial charge in [0.25, 0.3) is 0 Å². The summed E-state index contributed by atoms with van der Waals surface area (Å²) in [5.74, 6) is 0. The van der Waals surface area contributed by atoms with Gasteiger partial charge in [-0.25, -0.2) is 0 Å². The van der Waals surface area contributed by atoms with Crippen molar-refractivity contribution < 1.29 is 0 Å². The zero-order chi connectivity index (χ0) is 10.7. The topological polar surface area (TPSA) is 47.1 Å². The molecule has 2 N–H and O–H groups in total. The van der Waals surface area contributed by atoms with Crippen molar-refractivity contribution in [1.29, 1.82) is 0 Å². The molecular formula is C11H21ClN4. The summed E-state index contributed by atoms with van der Waals surface area (Å²) in [6.07, 6.45) is 4.41. The molecule has 4 nitrogen and oxygen atoms in total. The zero-order valence-corrected chi connectivity index (χ0v) is 10.6. The summed E-state index contributed by atoms with van der Waals surface area (Å²) in [6, 6.07) is 2.68. The number of halogens is 1. The van der Waals surface area contributed by atoms with Gasteiger partial charge in [0.2, 0.25) is 0 Å². The van der Waals surface area contributed by atoms with Gasteiger partial charge in [0.1, 0.15) is 0 Å². The molecule has 2 heterocycles. The lowest BCUT2D eigenvalue weighted by atomic mass is 10.2. The average molecular weight is 245 g/mol. The summed E-state index contributed by atoms with van der Waals surface area (Å²) in [4.78, 5) is 2.48. The van der Waals surface area contributed by atoms with Gasteiger partial charge in [0, 0.05) is 31.9 Å². The van der Waals surface area contributed by atoms with Gasteiger partial charge in [-0.1, -0.05) is 0 Å². The van der Waals surface area contributed by atoms with Crippen molar-refractivity contribution in [3.05, 3.63) is 18.0 Å². The van der Waals surface area contributed by atoms with E-state index >= 15 is 0 Å². The summed E-state index contributed by atoms with van der Waals surface area (Å²) in [5, 5.41) is 4.29. The lowest BCUT2D eigenvalue weighted by molar-refractivity contribution is 0.242. The fourth-order valence-corrected chi connectivity index (χ4v) is 2.36. The molecule has 0 radical (unpaired) electrons. The van der Waals surface area contributed by atoms with Crippen LogP contribution in [0, 0.1) is 0 Å². The van der Waals surface area contributed by atoms with Crippen LogP contribution in [-0.2, 0) is 13.1 Å². The summed E-state index contributed by atoms with van der Waals surface area (Å²) in [5.41, 5.74) is 7.06. The minimum Gasteiger partial charge on any atom is -0.329 e. The Morgan fingerprint density at radius 3 is 3.06 bits per heavy atom. The zero-order valence-electron chi connectivity index (χ0n) is 9.80. The smallest absolute Gasteiger partial charge is 0.0524 e. The first-order valence-electron chi connectivity index (χ1n) is 5.80. The van der Waals surface area contributed by atoms with E-state index in [4.69, 9.17) is 5.73 Å². The predicted octanol–water partition coefficient (Wildman–Crippen LogP) is 1.25. The van der Waals surface area contributed by atoms with E-state index < -0.39 is 0 Å². The summed E-state index contributed by atoms with van der Waals surface area (Å²) in [7, 11) is 0. The number of hydrogen-bond donors (Lipinski definition) is 1. The van der Waals surface area contributed by atoms with Crippen molar-refractivity contribution in [2.24, 2.45) is 5.73 Å². The molecule has 0 spiro atoms. The molecular weight excluding hydrogens is 224 g/mol. The van der Waals surface area contributed by atoms with Gasteiger partial charge in [-0.05, 0) is 32.4 Å². The molecule has 0 aliphatic carbocycles. The van der Waals surface area contributed by atoms with Crippen molar-refractivity contribution in [2.75, 3.05) is 13.1 Å². The Bertz CT molecular complexity index is 313. The Morgan fingerprint density at radius 2 is 2.38 bits per heavy atom. The van der Waals surface area contributed by atoms with E-state index in [-0.39, 0.29) is 12.4 Å². The van der Waals surface area contributed by atoms with Gasteiger partial charge < -0.3 is 5.73 Å². The Balaban J connectivity index is 0.00000128. The van der Waals surface area contributed by atoms with Crippen molar-refractivity contribution in [3.8, 4) is 0 Å². The van der Waals surface area contributed by atoms with Gasteiger partial charge in [-0.2, -0.15) is 5.10 Å². The quantitative estimate of drug-likeness (QED) is 0.867. The van der Waals surface area contributed by atoms with Crippen LogP contribution >= 0.6 is 12.4 Å². The summed E-state index contributed by atoms with van der Waals surface area (Å²) < 4.78 is 2.06.